The van der Waals surface area contributed by atoms with Crippen molar-refractivity contribution >= 4 is 17.4 Å². The van der Waals surface area contributed by atoms with E-state index < -0.39 is 11.6 Å². The fourth-order valence-corrected chi connectivity index (χ4v) is 2.53. The second kappa shape index (κ2) is 4.98. The molecule has 0 saturated carbocycles. The van der Waals surface area contributed by atoms with Crippen molar-refractivity contribution in [3.05, 3.63) is 53.1 Å². The summed E-state index contributed by atoms with van der Waals surface area (Å²) in [5.41, 5.74) is 8.19. The summed E-state index contributed by atoms with van der Waals surface area (Å²) in [5, 5.41) is 0. The summed E-state index contributed by atoms with van der Waals surface area (Å²) in [5.74, 6) is -1.77. The van der Waals surface area contributed by atoms with E-state index in [4.69, 9.17) is 5.73 Å². The molecule has 4 heteroatoms. The fraction of sp³-hybridized carbons (Fsp3) is 0.143. The number of nitrogens with two attached hydrogens (primary N) is 1. The number of nitrogen functional groups attached to an aromatic ring is 1. The standard InChI is InChI=1S/C14H13F2NS/c1-8-3-4-10(7-9(8)2)18-14-12(17)6-5-11(15)13(14)16/h3-7H,17H2,1-2H3. The minimum atomic E-state index is -0.891. The zero-order chi connectivity index (χ0) is 13.3. The van der Waals surface area contributed by atoms with Crippen molar-refractivity contribution in [1.29, 1.82) is 0 Å². The molecule has 2 N–H and O–H groups in total. The quantitative estimate of drug-likeness (QED) is 0.819. The maximum absolute atomic E-state index is 13.7. The van der Waals surface area contributed by atoms with Crippen LogP contribution in [0.4, 0.5) is 14.5 Å². The summed E-state index contributed by atoms with van der Waals surface area (Å²) in [6.07, 6.45) is 0. The Morgan fingerprint density at radius 3 is 2.39 bits per heavy atom. The van der Waals surface area contributed by atoms with Crippen molar-refractivity contribution in [3.8, 4) is 0 Å². The van der Waals surface area contributed by atoms with Crippen LogP contribution in [0.15, 0.2) is 40.1 Å². The Kier molecular flexibility index (Phi) is 3.57. The molecule has 1 nitrogen and oxygen atoms in total. The summed E-state index contributed by atoms with van der Waals surface area (Å²) in [6.45, 7) is 3.98. The summed E-state index contributed by atoms with van der Waals surface area (Å²) in [7, 11) is 0. The van der Waals surface area contributed by atoms with Crippen LogP contribution in [-0.4, -0.2) is 0 Å². The molecule has 2 aromatic carbocycles. The average molecular weight is 265 g/mol. The molecule has 0 unspecified atom stereocenters. The number of hydrogen-bond donors (Lipinski definition) is 1. The first kappa shape index (κ1) is 12.9. The molecule has 0 aromatic heterocycles. The molecule has 0 atom stereocenters. The highest BCUT2D eigenvalue weighted by atomic mass is 32.2. The number of rotatable bonds is 2. The highest BCUT2D eigenvalue weighted by molar-refractivity contribution is 7.99. The van der Waals surface area contributed by atoms with Gasteiger partial charge in [0.2, 0.25) is 0 Å². The van der Waals surface area contributed by atoms with Crippen LogP contribution in [0.25, 0.3) is 0 Å². The molecule has 0 fully saturated rings. The third-order valence-electron chi connectivity index (χ3n) is 2.78. The molecule has 0 bridgehead atoms. The lowest BCUT2D eigenvalue weighted by Gasteiger charge is -2.09. The molecule has 0 aliphatic heterocycles. The summed E-state index contributed by atoms with van der Waals surface area (Å²) >= 11 is 1.14. The third-order valence-corrected chi connectivity index (χ3v) is 3.89. The third kappa shape index (κ3) is 2.48. The van der Waals surface area contributed by atoms with E-state index in [2.05, 4.69) is 0 Å². The van der Waals surface area contributed by atoms with E-state index in [0.29, 0.717) is 0 Å². The maximum Gasteiger partial charge on any atom is 0.174 e. The van der Waals surface area contributed by atoms with E-state index in [1.165, 1.54) is 6.07 Å². The van der Waals surface area contributed by atoms with E-state index in [1.807, 2.05) is 32.0 Å². The Morgan fingerprint density at radius 1 is 1.00 bits per heavy atom. The summed E-state index contributed by atoms with van der Waals surface area (Å²) in [4.78, 5) is 0.979. The van der Waals surface area contributed by atoms with Gasteiger partial charge >= 0.3 is 0 Å². The normalized spacial score (nSPS) is 10.7. The minimum absolute atomic E-state index is 0.137. The largest absolute Gasteiger partial charge is 0.398 e. The molecule has 0 amide bonds. The first-order chi connectivity index (χ1) is 8.49. The number of halogens is 2. The molecular weight excluding hydrogens is 252 g/mol. The van der Waals surface area contributed by atoms with Gasteiger partial charge in [-0.25, -0.2) is 8.78 Å². The van der Waals surface area contributed by atoms with E-state index >= 15 is 0 Å². The summed E-state index contributed by atoms with van der Waals surface area (Å²) < 4.78 is 26.8. The van der Waals surface area contributed by atoms with Gasteiger partial charge in [-0.05, 0) is 49.2 Å². The first-order valence-corrected chi connectivity index (χ1v) is 6.29. The number of benzene rings is 2. The molecule has 0 aliphatic carbocycles. The monoisotopic (exact) mass is 265 g/mol. The Morgan fingerprint density at radius 2 is 1.72 bits per heavy atom. The van der Waals surface area contributed by atoms with Crippen LogP contribution in [0.5, 0.6) is 0 Å². The van der Waals surface area contributed by atoms with Crippen LogP contribution in [-0.2, 0) is 0 Å². The molecule has 0 heterocycles. The van der Waals surface area contributed by atoms with Gasteiger partial charge in [-0.3, -0.25) is 0 Å². The van der Waals surface area contributed by atoms with Crippen LogP contribution in [0.2, 0.25) is 0 Å². The van der Waals surface area contributed by atoms with Crippen LogP contribution in [0.1, 0.15) is 11.1 Å². The fourth-order valence-electron chi connectivity index (χ4n) is 1.55. The van der Waals surface area contributed by atoms with Crippen LogP contribution >= 0.6 is 11.8 Å². The molecule has 2 aromatic rings. The highest BCUT2D eigenvalue weighted by Crippen LogP contribution is 2.35. The molecule has 94 valence electrons. The van der Waals surface area contributed by atoms with Gasteiger partial charge in [0.15, 0.2) is 11.6 Å². The van der Waals surface area contributed by atoms with Crippen molar-refractivity contribution in [2.45, 2.75) is 23.6 Å². The second-order valence-electron chi connectivity index (χ2n) is 4.13. The van der Waals surface area contributed by atoms with Crippen LogP contribution < -0.4 is 5.73 Å². The topological polar surface area (TPSA) is 26.0 Å². The summed E-state index contributed by atoms with van der Waals surface area (Å²) in [6, 6.07) is 8.17. The van der Waals surface area contributed by atoms with Gasteiger partial charge in [-0.15, -0.1) is 0 Å². The molecule has 0 spiro atoms. The molecule has 0 aliphatic rings. The molecule has 2 rings (SSSR count). The van der Waals surface area contributed by atoms with Crippen LogP contribution in [0, 0.1) is 25.5 Å². The molecule has 0 radical (unpaired) electrons. The predicted octanol–water partition coefficient (Wildman–Crippen LogP) is 4.32. The van der Waals surface area contributed by atoms with Gasteiger partial charge in [0.25, 0.3) is 0 Å². The van der Waals surface area contributed by atoms with Crippen LogP contribution in [0.3, 0.4) is 0 Å². The van der Waals surface area contributed by atoms with Crippen molar-refractivity contribution in [1.82, 2.24) is 0 Å². The van der Waals surface area contributed by atoms with Gasteiger partial charge in [0, 0.05) is 10.6 Å². The predicted molar refractivity (Wildman–Crippen MR) is 70.8 cm³/mol. The van der Waals surface area contributed by atoms with E-state index in [1.54, 1.807) is 0 Å². The van der Waals surface area contributed by atoms with Gasteiger partial charge in [-0.2, -0.15) is 0 Å². The lowest BCUT2D eigenvalue weighted by atomic mass is 10.1. The van der Waals surface area contributed by atoms with Crippen molar-refractivity contribution < 1.29 is 8.78 Å². The number of anilines is 1. The number of aryl methyl sites for hydroxylation is 2. The Hall–Kier alpha value is -1.55. The average Bonchev–Trinajstić information content (AvgIpc) is 2.34. The molecular formula is C14H13F2NS. The second-order valence-corrected chi connectivity index (χ2v) is 5.21. The lowest BCUT2D eigenvalue weighted by Crippen LogP contribution is -1.95. The Bertz CT molecular complexity index is 597. The Balaban J connectivity index is 2.39. The first-order valence-electron chi connectivity index (χ1n) is 5.47. The van der Waals surface area contributed by atoms with Crippen molar-refractivity contribution in [3.63, 3.8) is 0 Å². The zero-order valence-corrected chi connectivity index (χ0v) is 10.9. The zero-order valence-electron chi connectivity index (χ0n) is 10.1. The maximum atomic E-state index is 13.7. The highest BCUT2D eigenvalue weighted by Gasteiger charge is 2.13. The smallest absolute Gasteiger partial charge is 0.174 e. The van der Waals surface area contributed by atoms with Crippen molar-refractivity contribution in [2.75, 3.05) is 5.73 Å². The van der Waals surface area contributed by atoms with Gasteiger partial charge < -0.3 is 5.73 Å². The van der Waals surface area contributed by atoms with Gasteiger partial charge in [0.05, 0.1) is 4.90 Å². The lowest BCUT2D eigenvalue weighted by molar-refractivity contribution is 0.492. The van der Waals surface area contributed by atoms with Gasteiger partial charge in [-0.1, -0.05) is 17.8 Å². The molecule has 18 heavy (non-hydrogen) atoms. The van der Waals surface area contributed by atoms with E-state index in [9.17, 15) is 8.78 Å². The van der Waals surface area contributed by atoms with E-state index in [-0.39, 0.29) is 10.6 Å². The van der Waals surface area contributed by atoms with E-state index in [0.717, 1.165) is 33.9 Å². The van der Waals surface area contributed by atoms with Crippen molar-refractivity contribution in [2.24, 2.45) is 0 Å². The minimum Gasteiger partial charge on any atom is -0.398 e. The number of hydrogen-bond acceptors (Lipinski definition) is 2. The SMILES string of the molecule is Cc1ccc(Sc2c(N)ccc(F)c2F)cc1C. The van der Waals surface area contributed by atoms with Gasteiger partial charge in [0.1, 0.15) is 0 Å². The Labute approximate surface area is 109 Å². The molecule has 0 saturated heterocycles.